The summed E-state index contributed by atoms with van der Waals surface area (Å²) in [5.41, 5.74) is 1.04. The van der Waals surface area contributed by atoms with E-state index in [1.807, 2.05) is 0 Å². The maximum atomic E-state index is 12.8. The smallest absolute Gasteiger partial charge is 0.147 e. The molecule has 0 radical (unpaired) electrons. The van der Waals surface area contributed by atoms with Gasteiger partial charge in [0.15, 0.2) is 0 Å². The third kappa shape index (κ3) is 5.64. The number of benzene rings is 1. The summed E-state index contributed by atoms with van der Waals surface area (Å²) in [6.07, 6.45) is 2.66. The summed E-state index contributed by atoms with van der Waals surface area (Å²) in [5.74, 6) is 0.188. The normalized spacial score (nSPS) is 13.6. The minimum absolute atomic E-state index is 0.206. The Bertz CT molecular complexity index is 442. The number of rotatable bonds is 6. The van der Waals surface area contributed by atoms with Gasteiger partial charge in [-0.05, 0) is 36.5 Å². The van der Waals surface area contributed by atoms with Gasteiger partial charge in [0, 0.05) is 17.3 Å². The van der Waals surface area contributed by atoms with Crippen LogP contribution in [0.4, 0.5) is 4.39 Å². The highest BCUT2D eigenvalue weighted by Crippen LogP contribution is 2.23. The SMILES string of the molecule is CS(=O)(=O)CCCC(CBr)c1ccc(F)cc1. The first-order valence-corrected chi connectivity index (χ1v) is 8.60. The number of sulfone groups is 1. The fourth-order valence-electron chi connectivity index (χ4n) is 1.66. The highest BCUT2D eigenvalue weighted by Gasteiger charge is 2.11. The average molecular weight is 323 g/mol. The largest absolute Gasteiger partial charge is 0.229 e. The minimum Gasteiger partial charge on any atom is -0.229 e. The Balaban J connectivity index is 2.57. The molecular weight excluding hydrogens is 307 g/mol. The molecule has 0 bridgehead atoms. The Morgan fingerprint density at radius 3 is 2.35 bits per heavy atom. The van der Waals surface area contributed by atoms with Crippen molar-refractivity contribution in [2.75, 3.05) is 17.3 Å². The molecule has 5 heteroatoms. The molecule has 0 saturated heterocycles. The van der Waals surface area contributed by atoms with Gasteiger partial charge in [-0.3, -0.25) is 0 Å². The average Bonchev–Trinajstić information content (AvgIpc) is 2.24. The first kappa shape index (κ1) is 14.6. The summed E-state index contributed by atoms with van der Waals surface area (Å²) < 4.78 is 34.8. The van der Waals surface area contributed by atoms with Crippen molar-refractivity contribution in [1.29, 1.82) is 0 Å². The van der Waals surface area contributed by atoms with Crippen molar-refractivity contribution in [3.8, 4) is 0 Å². The molecule has 0 spiro atoms. The van der Waals surface area contributed by atoms with Gasteiger partial charge in [-0.25, -0.2) is 12.8 Å². The first-order valence-electron chi connectivity index (χ1n) is 5.41. The van der Waals surface area contributed by atoms with Crippen molar-refractivity contribution in [3.05, 3.63) is 35.6 Å². The number of hydrogen-bond acceptors (Lipinski definition) is 2. The highest BCUT2D eigenvalue weighted by molar-refractivity contribution is 9.09. The lowest BCUT2D eigenvalue weighted by atomic mass is 9.97. The molecule has 1 atom stereocenters. The fourth-order valence-corrected chi connectivity index (χ4v) is 3.05. The van der Waals surface area contributed by atoms with Gasteiger partial charge in [-0.15, -0.1) is 0 Å². The van der Waals surface area contributed by atoms with Crippen LogP contribution in [0.5, 0.6) is 0 Å². The number of alkyl halides is 1. The molecule has 0 amide bonds. The van der Waals surface area contributed by atoms with E-state index in [1.54, 1.807) is 12.1 Å². The summed E-state index contributed by atoms with van der Waals surface area (Å²) >= 11 is 3.41. The van der Waals surface area contributed by atoms with Crippen molar-refractivity contribution in [3.63, 3.8) is 0 Å². The summed E-state index contributed by atoms with van der Waals surface area (Å²) in [6.45, 7) is 0. The van der Waals surface area contributed by atoms with Crippen molar-refractivity contribution in [1.82, 2.24) is 0 Å². The topological polar surface area (TPSA) is 34.1 Å². The van der Waals surface area contributed by atoms with Crippen LogP contribution in [0, 0.1) is 5.82 Å². The molecule has 0 aliphatic heterocycles. The van der Waals surface area contributed by atoms with Crippen LogP contribution in [-0.4, -0.2) is 25.8 Å². The van der Waals surface area contributed by atoms with Gasteiger partial charge in [0.1, 0.15) is 15.7 Å². The first-order chi connectivity index (χ1) is 7.92. The maximum absolute atomic E-state index is 12.8. The molecule has 1 unspecified atom stereocenters. The van der Waals surface area contributed by atoms with Crippen molar-refractivity contribution in [2.45, 2.75) is 18.8 Å². The van der Waals surface area contributed by atoms with E-state index in [0.29, 0.717) is 6.42 Å². The molecule has 17 heavy (non-hydrogen) atoms. The van der Waals surface area contributed by atoms with E-state index in [0.717, 1.165) is 17.3 Å². The fraction of sp³-hybridized carbons (Fsp3) is 0.500. The van der Waals surface area contributed by atoms with Crippen LogP contribution < -0.4 is 0 Å². The summed E-state index contributed by atoms with van der Waals surface area (Å²) in [5, 5.41) is 0.752. The predicted molar refractivity (Wildman–Crippen MR) is 71.9 cm³/mol. The van der Waals surface area contributed by atoms with Crippen LogP contribution in [0.15, 0.2) is 24.3 Å². The molecule has 0 N–H and O–H groups in total. The molecule has 1 rings (SSSR count). The lowest BCUT2D eigenvalue weighted by molar-refractivity contribution is 0.592. The second-order valence-electron chi connectivity index (χ2n) is 4.17. The molecule has 0 aromatic heterocycles. The van der Waals surface area contributed by atoms with Crippen LogP contribution in [0.25, 0.3) is 0 Å². The molecule has 2 nitrogen and oxygen atoms in total. The van der Waals surface area contributed by atoms with E-state index >= 15 is 0 Å². The molecule has 0 saturated carbocycles. The standard InChI is InChI=1S/C12H16BrFO2S/c1-17(15,16)8-2-3-11(9-13)10-4-6-12(14)7-5-10/h4-7,11H,2-3,8-9H2,1H3. The van der Waals surface area contributed by atoms with Gasteiger partial charge >= 0.3 is 0 Å². The Morgan fingerprint density at radius 1 is 1.29 bits per heavy atom. The van der Waals surface area contributed by atoms with Crippen LogP contribution in [0.3, 0.4) is 0 Å². The van der Waals surface area contributed by atoms with Crippen LogP contribution in [0.1, 0.15) is 24.3 Å². The molecule has 0 aliphatic carbocycles. The zero-order chi connectivity index (χ0) is 12.9. The molecule has 1 aromatic carbocycles. The molecule has 0 fully saturated rings. The minimum atomic E-state index is -2.89. The summed E-state index contributed by atoms with van der Waals surface area (Å²) in [6, 6.07) is 6.37. The van der Waals surface area contributed by atoms with Crippen LogP contribution in [0.2, 0.25) is 0 Å². The molecule has 96 valence electrons. The van der Waals surface area contributed by atoms with Crippen LogP contribution >= 0.6 is 15.9 Å². The molecule has 1 aromatic rings. The quantitative estimate of drug-likeness (QED) is 0.754. The van der Waals surface area contributed by atoms with Gasteiger partial charge < -0.3 is 0 Å². The van der Waals surface area contributed by atoms with E-state index < -0.39 is 9.84 Å². The Kier molecular flexibility index (Phi) is 5.59. The number of hydrogen-bond donors (Lipinski definition) is 0. The van der Waals surface area contributed by atoms with E-state index in [9.17, 15) is 12.8 Å². The van der Waals surface area contributed by atoms with E-state index in [1.165, 1.54) is 18.4 Å². The molecule has 0 aliphatic rings. The Morgan fingerprint density at radius 2 is 1.88 bits per heavy atom. The van der Waals surface area contributed by atoms with Gasteiger partial charge in [0.05, 0.1) is 0 Å². The lowest BCUT2D eigenvalue weighted by Crippen LogP contribution is -2.07. The van der Waals surface area contributed by atoms with Crippen molar-refractivity contribution in [2.24, 2.45) is 0 Å². The maximum Gasteiger partial charge on any atom is 0.147 e. The van der Waals surface area contributed by atoms with E-state index in [-0.39, 0.29) is 17.5 Å². The third-order valence-corrected chi connectivity index (χ3v) is 4.41. The van der Waals surface area contributed by atoms with Crippen molar-refractivity contribution < 1.29 is 12.8 Å². The summed E-state index contributed by atoms with van der Waals surface area (Å²) in [4.78, 5) is 0. The predicted octanol–water partition coefficient (Wildman–Crippen LogP) is 3.13. The third-order valence-electron chi connectivity index (χ3n) is 2.60. The second kappa shape index (κ2) is 6.50. The monoisotopic (exact) mass is 322 g/mol. The van der Waals surface area contributed by atoms with Crippen LogP contribution in [-0.2, 0) is 9.84 Å². The van der Waals surface area contributed by atoms with Gasteiger partial charge in [0.2, 0.25) is 0 Å². The lowest BCUT2D eigenvalue weighted by Gasteiger charge is -2.14. The zero-order valence-corrected chi connectivity index (χ0v) is 12.1. The van der Waals surface area contributed by atoms with Gasteiger partial charge in [0.25, 0.3) is 0 Å². The van der Waals surface area contributed by atoms with E-state index in [2.05, 4.69) is 15.9 Å². The zero-order valence-electron chi connectivity index (χ0n) is 9.70. The molecule has 0 heterocycles. The molecular formula is C12H16BrFO2S. The van der Waals surface area contributed by atoms with Gasteiger partial charge in [-0.1, -0.05) is 28.1 Å². The Labute approximate surface area is 110 Å². The summed E-state index contributed by atoms with van der Waals surface area (Å²) in [7, 11) is -2.89. The van der Waals surface area contributed by atoms with E-state index in [4.69, 9.17) is 0 Å². The number of halogens is 2. The van der Waals surface area contributed by atoms with Gasteiger partial charge in [-0.2, -0.15) is 0 Å². The Hall–Kier alpha value is -0.420. The second-order valence-corrected chi connectivity index (χ2v) is 7.08. The van der Waals surface area contributed by atoms with Crippen molar-refractivity contribution >= 4 is 25.8 Å². The highest BCUT2D eigenvalue weighted by atomic mass is 79.9.